The summed E-state index contributed by atoms with van der Waals surface area (Å²) in [6.45, 7) is 7.64. The Bertz CT molecular complexity index is 327. The number of hydrogen-bond acceptors (Lipinski definition) is 2. The molecule has 96 valence electrons. The van der Waals surface area contributed by atoms with E-state index in [9.17, 15) is 9.59 Å². The molecule has 0 aromatic heterocycles. The van der Waals surface area contributed by atoms with E-state index in [1.165, 1.54) is 0 Å². The Labute approximate surface area is 103 Å². The van der Waals surface area contributed by atoms with Crippen LogP contribution >= 0.6 is 0 Å². The molecule has 1 saturated heterocycles. The molecule has 2 rings (SSSR count). The molecule has 17 heavy (non-hydrogen) atoms. The average Bonchev–Trinajstić information content (AvgIpc) is 2.81. The Morgan fingerprint density at radius 3 is 2.24 bits per heavy atom. The molecule has 0 aromatic carbocycles. The predicted molar refractivity (Wildman–Crippen MR) is 65.3 cm³/mol. The van der Waals surface area contributed by atoms with Gasteiger partial charge in [0.2, 0.25) is 11.8 Å². The van der Waals surface area contributed by atoms with E-state index < -0.39 is 0 Å². The van der Waals surface area contributed by atoms with Gasteiger partial charge in [0.1, 0.15) is 0 Å². The summed E-state index contributed by atoms with van der Waals surface area (Å²) in [6.07, 6.45) is 2.95. The third-order valence-electron chi connectivity index (χ3n) is 3.36. The summed E-state index contributed by atoms with van der Waals surface area (Å²) in [4.78, 5) is 25.8. The zero-order valence-electron chi connectivity index (χ0n) is 11.0. The highest BCUT2D eigenvalue weighted by molar-refractivity contribution is 5.92. The van der Waals surface area contributed by atoms with Crippen molar-refractivity contribution in [1.29, 1.82) is 0 Å². The SMILES string of the molecule is CC(C)(C)NC(=O)C1CC1C(=O)N1CCCC1. The van der Waals surface area contributed by atoms with Gasteiger partial charge in [-0.2, -0.15) is 0 Å². The van der Waals surface area contributed by atoms with E-state index in [2.05, 4.69) is 5.32 Å². The molecule has 0 bridgehead atoms. The van der Waals surface area contributed by atoms with Gasteiger partial charge in [0, 0.05) is 18.6 Å². The van der Waals surface area contributed by atoms with Crippen molar-refractivity contribution in [3.63, 3.8) is 0 Å². The fourth-order valence-electron chi connectivity index (χ4n) is 2.39. The van der Waals surface area contributed by atoms with Crippen LogP contribution in [0.1, 0.15) is 40.0 Å². The van der Waals surface area contributed by atoms with Gasteiger partial charge in [-0.3, -0.25) is 9.59 Å². The van der Waals surface area contributed by atoms with E-state index in [-0.39, 0.29) is 29.2 Å². The van der Waals surface area contributed by atoms with Gasteiger partial charge >= 0.3 is 0 Å². The largest absolute Gasteiger partial charge is 0.351 e. The first-order valence-corrected chi connectivity index (χ1v) is 6.49. The zero-order valence-corrected chi connectivity index (χ0v) is 11.0. The number of likely N-dealkylation sites (tertiary alicyclic amines) is 1. The predicted octanol–water partition coefficient (Wildman–Crippen LogP) is 1.16. The van der Waals surface area contributed by atoms with Gasteiger partial charge < -0.3 is 10.2 Å². The zero-order chi connectivity index (χ0) is 12.6. The molecule has 2 aliphatic rings. The van der Waals surface area contributed by atoms with Gasteiger partial charge in [-0.25, -0.2) is 0 Å². The molecule has 1 aliphatic heterocycles. The lowest BCUT2D eigenvalue weighted by molar-refractivity contribution is -0.134. The van der Waals surface area contributed by atoms with Crippen LogP contribution in [0.2, 0.25) is 0 Å². The highest BCUT2D eigenvalue weighted by Gasteiger charge is 2.50. The lowest BCUT2D eigenvalue weighted by Crippen LogP contribution is -2.42. The first-order valence-electron chi connectivity index (χ1n) is 6.49. The summed E-state index contributed by atoms with van der Waals surface area (Å²) in [6, 6.07) is 0. The molecule has 1 heterocycles. The number of rotatable bonds is 2. The van der Waals surface area contributed by atoms with Crippen LogP contribution in [0.5, 0.6) is 0 Å². The van der Waals surface area contributed by atoms with E-state index in [1.807, 2.05) is 25.7 Å². The third-order valence-corrected chi connectivity index (χ3v) is 3.36. The monoisotopic (exact) mass is 238 g/mol. The quantitative estimate of drug-likeness (QED) is 0.785. The first kappa shape index (κ1) is 12.4. The molecule has 0 spiro atoms. The van der Waals surface area contributed by atoms with Crippen LogP contribution in [0.3, 0.4) is 0 Å². The number of nitrogens with one attached hydrogen (secondary N) is 1. The summed E-state index contributed by atoms with van der Waals surface area (Å²) < 4.78 is 0. The van der Waals surface area contributed by atoms with E-state index in [4.69, 9.17) is 0 Å². The van der Waals surface area contributed by atoms with Crippen molar-refractivity contribution in [3.8, 4) is 0 Å². The molecule has 2 atom stereocenters. The van der Waals surface area contributed by atoms with Crippen LogP contribution in [0.15, 0.2) is 0 Å². The van der Waals surface area contributed by atoms with Gasteiger partial charge in [0.05, 0.1) is 11.8 Å². The normalized spacial score (nSPS) is 28.1. The summed E-state index contributed by atoms with van der Waals surface area (Å²) >= 11 is 0. The second-order valence-corrected chi connectivity index (χ2v) is 6.22. The van der Waals surface area contributed by atoms with Crippen LogP contribution in [-0.4, -0.2) is 35.3 Å². The number of hydrogen-bond donors (Lipinski definition) is 1. The lowest BCUT2D eigenvalue weighted by Gasteiger charge is -2.21. The summed E-state index contributed by atoms with van der Waals surface area (Å²) in [5.41, 5.74) is -0.207. The maximum atomic E-state index is 12.0. The lowest BCUT2D eigenvalue weighted by atomic mass is 10.1. The average molecular weight is 238 g/mol. The molecule has 1 saturated carbocycles. The van der Waals surface area contributed by atoms with Crippen LogP contribution in [0.4, 0.5) is 0 Å². The molecular weight excluding hydrogens is 216 g/mol. The summed E-state index contributed by atoms with van der Waals surface area (Å²) in [7, 11) is 0. The number of carbonyl (C=O) groups is 2. The summed E-state index contributed by atoms with van der Waals surface area (Å²) in [5, 5.41) is 2.95. The minimum Gasteiger partial charge on any atom is -0.351 e. The van der Waals surface area contributed by atoms with Crippen molar-refractivity contribution < 1.29 is 9.59 Å². The second-order valence-electron chi connectivity index (χ2n) is 6.22. The van der Waals surface area contributed by atoms with E-state index in [0.29, 0.717) is 0 Å². The van der Waals surface area contributed by atoms with E-state index in [0.717, 1.165) is 32.4 Å². The fourth-order valence-corrected chi connectivity index (χ4v) is 2.39. The highest BCUT2D eigenvalue weighted by Crippen LogP contribution is 2.41. The number of nitrogens with zero attached hydrogens (tertiary/aromatic N) is 1. The smallest absolute Gasteiger partial charge is 0.226 e. The van der Waals surface area contributed by atoms with Crippen molar-refractivity contribution in [3.05, 3.63) is 0 Å². The molecule has 2 unspecified atom stereocenters. The highest BCUT2D eigenvalue weighted by atomic mass is 16.2. The standard InChI is InChI=1S/C13H22N2O2/c1-13(2,3)14-11(16)9-8-10(9)12(17)15-6-4-5-7-15/h9-10H,4-8H2,1-3H3,(H,14,16). The number of amides is 2. The van der Waals surface area contributed by atoms with Crippen LogP contribution in [0.25, 0.3) is 0 Å². The van der Waals surface area contributed by atoms with Crippen molar-refractivity contribution in [1.82, 2.24) is 10.2 Å². The summed E-state index contributed by atoms with van der Waals surface area (Å²) in [5.74, 6) is 0.101. The first-order chi connectivity index (χ1) is 7.88. The maximum absolute atomic E-state index is 12.0. The van der Waals surface area contributed by atoms with Crippen molar-refractivity contribution in [2.45, 2.75) is 45.6 Å². The Morgan fingerprint density at radius 1 is 1.12 bits per heavy atom. The van der Waals surface area contributed by atoms with Gasteiger partial charge in [0.15, 0.2) is 0 Å². The van der Waals surface area contributed by atoms with Gasteiger partial charge in [-0.05, 0) is 40.0 Å². The minimum atomic E-state index is -0.207. The van der Waals surface area contributed by atoms with Gasteiger partial charge in [-0.1, -0.05) is 0 Å². The Balaban J connectivity index is 1.83. The van der Waals surface area contributed by atoms with E-state index in [1.54, 1.807) is 0 Å². The molecular formula is C13H22N2O2. The molecule has 2 fully saturated rings. The maximum Gasteiger partial charge on any atom is 0.226 e. The van der Waals surface area contributed by atoms with Crippen molar-refractivity contribution >= 4 is 11.8 Å². The molecule has 4 heteroatoms. The molecule has 0 aromatic rings. The molecule has 1 aliphatic carbocycles. The van der Waals surface area contributed by atoms with Crippen molar-refractivity contribution in [2.24, 2.45) is 11.8 Å². The third kappa shape index (κ3) is 2.99. The van der Waals surface area contributed by atoms with Crippen LogP contribution in [-0.2, 0) is 9.59 Å². The van der Waals surface area contributed by atoms with E-state index >= 15 is 0 Å². The molecule has 4 nitrogen and oxygen atoms in total. The fraction of sp³-hybridized carbons (Fsp3) is 0.846. The topological polar surface area (TPSA) is 49.4 Å². The Morgan fingerprint density at radius 2 is 1.71 bits per heavy atom. The molecule has 0 radical (unpaired) electrons. The Kier molecular flexibility index (Phi) is 3.15. The second kappa shape index (κ2) is 4.31. The molecule has 1 N–H and O–H groups in total. The van der Waals surface area contributed by atoms with Gasteiger partial charge in [-0.15, -0.1) is 0 Å². The van der Waals surface area contributed by atoms with Crippen molar-refractivity contribution in [2.75, 3.05) is 13.1 Å². The number of carbonyl (C=O) groups excluding carboxylic acids is 2. The minimum absolute atomic E-state index is 0.0371. The molecule has 2 amide bonds. The van der Waals surface area contributed by atoms with Crippen LogP contribution in [0, 0.1) is 11.8 Å². The Hall–Kier alpha value is -1.06. The van der Waals surface area contributed by atoms with Gasteiger partial charge in [0.25, 0.3) is 0 Å². The van der Waals surface area contributed by atoms with Crippen LogP contribution < -0.4 is 5.32 Å².